The lowest BCUT2D eigenvalue weighted by Crippen LogP contribution is -2.38. The number of nitrogens with zero attached hydrogens (tertiary/aromatic N) is 1. The SMILES string of the molecule is CC1c2ccsc2CCN1Cc1ccccc1B(O)O. The standard InChI is InChI=1S/C15H18BNO2S/c1-11-13-7-9-20-15(13)6-8-17(11)10-12-4-2-3-5-14(12)16(18)19/h2-5,7,9,11,18-19H,6,8,10H2,1H3. The van der Waals surface area contributed by atoms with Crippen LogP contribution in [0.5, 0.6) is 0 Å². The summed E-state index contributed by atoms with van der Waals surface area (Å²) in [5.74, 6) is 0. The number of hydrogen-bond acceptors (Lipinski definition) is 4. The zero-order valence-corrected chi connectivity index (χ0v) is 12.3. The van der Waals surface area contributed by atoms with Gasteiger partial charge in [-0.3, -0.25) is 4.90 Å². The Morgan fingerprint density at radius 3 is 2.90 bits per heavy atom. The van der Waals surface area contributed by atoms with E-state index in [0.29, 0.717) is 11.5 Å². The molecule has 5 heteroatoms. The number of fused-ring (bicyclic) bond motifs is 1. The van der Waals surface area contributed by atoms with Gasteiger partial charge in [0.2, 0.25) is 0 Å². The normalized spacial score (nSPS) is 18.9. The van der Waals surface area contributed by atoms with Gasteiger partial charge < -0.3 is 10.0 Å². The first-order valence-corrected chi connectivity index (χ1v) is 7.79. The predicted molar refractivity (Wildman–Crippen MR) is 83.1 cm³/mol. The Hall–Kier alpha value is -1.14. The molecule has 3 nitrogen and oxygen atoms in total. The topological polar surface area (TPSA) is 43.7 Å². The summed E-state index contributed by atoms with van der Waals surface area (Å²) in [6.07, 6.45) is 1.08. The molecule has 0 saturated carbocycles. The van der Waals surface area contributed by atoms with Gasteiger partial charge in [0.05, 0.1) is 0 Å². The molecule has 1 aromatic carbocycles. The third-order valence-corrected chi connectivity index (χ3v) is 5.11. The largest absolute Gasteiger partial charge is 0.488 e. The molecule has 0 bridgehead atoms. The Balaban J connectivity index is 1.83. The van der Waals surface area contributed by atoms with Crippen LogP contribution in [0.1, 0.15) is 29.0 Å². The average Bonchev–Trinajstić information content (AvgIpc) is 2.91. The molecule has 1 aliphatic rings. The monoisotopic (exact) mass is 287 g/mol. The van der Waals surface area contributed by atoms with Crippen LogP contribution in [0.15, 0.2) is 35.7 Å². The average molecular weight is 287 g/mol. The van der Waals surface area contributed by atoms with Crippen molar-refractivity contribution in [3.63, 3.8) is 0 Å². The third-order valence-electron chi connectivity index (χ3n) is 4.11. The smallest absolute Gasteiger partial charge is 0.423 e. The van der Waals surface area contributed by atoms with Gasteiger partial charge in [-0.25, -0.2) is 0 Å². The van der Waals surface area contributed by atoms with Crippen molar-refractivity contribution < 1.29 is 10.0 Å². The molecule has 2 heterocycles. The van der Waals surface area contributed by atoms with E-state index in [9.17, 15) is 10.0 Å². The molecule has 0 radical (unpaired) electrons. The quantitative estimate of drug-likeness (QED) is 0.842. The maximum Gasteiger partial charge on any atom is 0.488 e. The van der Waals surface area contributed by atoms with Gasteiger partial charge in [-0.05, 0) is 41.4 Å². The molecule has 20 heavy (non-hydrogen) atoms. The van der Waals surface area contributed by atoms with Crippen LogP contribution in [-0.4, -0.2) is 28.6 Å². The summed E-state index contributed by atoms with van der Waals surface area (Å²) in [4.78, 5) is 3.89. The highest BCUT2D eigenvalue weighted by Crippen LogP contribution is 2.33. The zero-order chi connectivity index (χ0) is 14.1. The van der Waals surface area contributed by atoms with E-state index < -0.39 is 7.12 Å². The van der Waals surface area contributed by atoms with E-state index in [1.54, 1.807) is 6.07 Å². The van der Waals surface area contributed by atoms with Gasteiger partial charge in [0, 0.05) is 24.0 Å². The van der Waals surface area contributed by atoms with Crippen molar-refractivity contribution in [3.8, 4) is 0 Å². The van der Waals surface area contributed by atoms with E-state index in [4.69, 9.17) is 0 Å². The van der Waals surface area contributed by atoms with Gasteiger partial charge in [-0.15, -0.1) is 11.3 Å². The van der Waals surface area contributed by atoms with Gasteiger partial charge >= 0.3 is 7.12 Å². The summed E-state index contributed by atoms with van der Waals surface area (Å²) in [5.41, 5.74) is 3.02. The highest BCUT2D eigenvalue weighted by Gasteiger charge is 2.26. The first-order chi connectivity index (χ1) is 9.66. The van der Waals surface area contributed by atoms with Crippen molar-refractivity contribution in [2.24, 2.45) is 0 Å². The molecular weight excluding hydrogens is 269 g/mol. The lowest BCUT2D eigenvalue weighted by Gasteiger charge is -2.34. The van der Waals surface area contributed by atoms with Crippen LogP contribution in [0.25, 0.3) is 0 Å². The van der Waals surface area contributed by atoms with E-state index >= 15 is 0 Å². The van der Waals surface area contributed by atoms with E-state index in [-0.39, 0.29) is 0 Å². The number of hydrogen-bond donors (Lipinski definition) is 2. The van der Waals surface area contributed by atoms with Gasteiger partial charge in [0.25, 0.3) is 0 Å². The molecule has 1 atom stereocenters. The summed E-state index contributed by atoms with van der Waals surface area (Å²) in [6, 6.07) is 10.1. The molecule has 0 fully saturated rings. The first kappa shape index (κ1) is 13.8. The molecule has 0 spiro atoms. The van der Waals surface area contributed by atoms with Crippen LogP contribution in [0.2, 0.25) is 0 Å². The Morgan fingerprint density at radius 1 is 1.30 bits per heavy atom. The minimum absolute atomic E-state index is 0.383. The Labute approximate surface area is 123 Å². The molecule has 3 rings (SSSR count). The molecule has 2 aromatic rings. The summed E-state index contributed by atoms with van der Waals surface area (Å²) in [7, 11) is -1.40. The fraction of sp³-hybridized carbons (Fsp3) is 0.333. The molecule has 2 N–H and O–H groups in total. The van der Waals surface area contributed by atoms with Crippen LogP contribution >= 0.6 is 11.3 Å². The zero-order valence-electron chi connectivity index (χ0n) is 11.5. The van der Waals surface area contributed by atoms with Gasteiger partial charge in [-0.1, -0.05) is 24.3 Å². The van der Waals surface area contributed by atoms with Crippen molar-refractivity contribution in [1.82, 2.24) is 4.90 Å². The van der Waals surface area contributed by atoms with Crippen LogP contribution in [-0.2, 0) is 13.0 Å². The predicted octanol–water partition coefficient (Wildman–Crippen LogP) is 1.55. The van der Waals surface area contributed by atoms with Crippen LogP contribution in [0, 0.1) is 0 Å². The highest BCUT2D eigenvalue weighted by molar-refractivity contribution is 7.10. The van der Waals surface area contributed by atoms with E-state index in [0.717, 1.165) is 25.1 Å². The van der Waals surface area contributed by atoms with E-state index in [1.807, 2.05) is 29.5 Å². The minimum Gasteiger partial charge on any atom is -0.423 e. The Kier molecular flexibility index (Phi) is 3.94. The maximum absolute atomic E-state index is 9.46. The lowest BCUT2D eigenvalue weighted by molar-refractivity contribution is 0.191. The summed E-state index contributed by atoms with van der Waals surface area (Å²) in [6.45, 7) is 4.00. The highest BCUT2D eigenvalue weighted by atomic mass is 32.1. The van der Waals surface area contributed by atoms with Crippen molar-refractivity contribution >= 4 is 23.9 Å². The molecule has 1 aliphatic heterocycles. The van der Waals surface area contributed by atoms with Crippen molar-refractivity contribution in [3.05, 3.63) is 51.7 Å². The second-order valence-corrected chi connectivity index (χ2v) is 6.27. The van der Waals surface area contributed by atoms with Gasteiger partial charge in [-0.2, -0.15) is 0 Å². The van der Waals surface area contributed by atoms with Gasteiger partial charge in [0.1, 0.15) is 0 Å². The molecule has 104 valence electrons. The minimum atomic E-state index is -1.40. The van der Waals surface area contributed by atoms with Crippen LogP contribution in [0.4, 0.5) is 0 Å². The second-order valence-electron chi connectivity index (χ2n) is 5.27. The Bertz CT molecular complexity index is 599. The molecule has 0 aliphatic carbocycles. The number of benzene rings is 1. The second kappa shape index (κ2) is 5.70. The summed E-state index contributed by atoms with van der Waals surface area (Å²) < 4.78 is 0. The van der Waals surface area contributed by atoms with Crippen LogP contribution in [0.3, 0.4) is 0 Å². The van der Waals surface area contributed by atoms with Crippen molar-refractivity contribution in [1.29, 1.82) is 0 Å². The molecular formula is C15H18BNO2S. The maximum atomic E-state index is 9.46. The molecule has 1 aromatic heterocycles. The number of rotatable bonds is 3. The lowest BCUT2D eigenvalue weighted by atomic mass is 9.77. The summed E-state index contributed by atoms with van der Waals surface area (Å²) >= 11 is 1.84. The number of thiophene rings is 1. The van der Waals surface area contributed by atoms with Crippen LogP contribution < -0.4 is 5.46 Å². The summed E-state index contributed by atoms with van der Waals surface area (Å²) in [5, 5.41) is 21.1. The first-order valence-electron chi connectivity index (χ1n) is 6.91. The fourth-order valence-corrected chi connectivity index (χ4v) is 3.89. The molecule has 0 saturated heterocycles. The van der Waals surface area contributed by atoms with Gasteiger partial charge in [0.15, 0.2) is 0 Å². The fourth-order valence-electron chi connectivity index (χ4n) is 2.93. The van der Waals surface area contributed by atoms with Crippen molar-refractivity contribution in [2.75, 3.05) is 6.54 Å². The van der Waals surface area contributed by atoms with E-state index in [1.165, 1.54) is 10.4 Å². The van der Waals surface area contributed by atoms with Crippen molar-refractivity contribution in [2.45, 2.75) is 25.9 Å². The molecule has 1 unspecified atom stereocenters. The Morgan fingerprint density at radius 2 is 2.10 bits per heavy atom. The molecule has 0 amide bonds. The third kappa shape index (κ3) is 2.54. The van der Waals surface area contributed by atoms with E-state index in [2.05, 4.69) is 23.3 Å².